The van der Waals surface area contributed by atoms with Crippen molar-refractivity contribution >= 4 is 23.2 Å². The highest BCUT2D eigenvalue weighted by Crippen LogP contribution is 2.12. The first-order chi connectivity index (χ1) is 9.12. The lowest BCUT2D eigenvalue weighted by Crippen LogP contribution is -2.37. The third-order valence-corrected chi connectivity index (χ3v) is 3.37. The Bertz CT molecular complexity index is 434. The maximum atomic E-state index is 12.2. The largest absolute Gasteiger partial charge is 0.468 e. The van der Waals surface area contributed by atoms with Crippen LogP contribution >= 0.6 is 11.3 Å². The summed E-state index contributed by atoms with van der Waals surface area (Å²) in [5.41, 5.74) is 5.81. The molecule has 0 atom stereocenters. The van der Waals surface area contributed by atoms with Crippen LogP contribution < -0.4 is 5.73 Å². The minimum atomic E-state index is -0.431. The molecule has 0 fully saturated rings. The predicted octanol–water partition coefficient (Wildman–Crippen LogP) is 0.669. The van der Waals surface area contributed by atoms with Gasteiger partial charge >= 0.3 is 5.97 Å². The summed E-state index contributed by atoms with van der Waals surface area (Å²) in [7, 11) is 1.30. The molecule has 1 aromatic rings. The van der Waals surface area contributed by atoms with Crippen LogP contribution in [-0.2, 0) is 16.0 Å². The molecule has 1 rings (SSSR count). The number of ether oxygens (including phenoxy) is 1. The molecule has 0 radical (unpaired) electrons. The second-order valence-corrected chi connectivity index (χ2v) is 4.91. The minimum Gasteiger partial charge on any atom is -0.468 e. The Morgan fingerprint density at radius 2 is 2.26 bits per heavy atom. The van der Waals surface area contributed by atoms with E-state index in [4.69, 9.17) is 5.73 Å². The molecular formula is C12H19N3O3S. The predicted molar refractivity (Wildman–Crippen MR) is 73.1 cm³/mol. The molecule has 0 spiro atoms. The van der Waals surface area contributed by atoms with Crippen molar-refractivity contribution in [3.63, 3.8) is 0 Å². The van der Waals surface area contributed by atoms with E-state index in [1.54, 1.807) is 5.38 Å². The lowest BCUT2D eigenvalue weighted by molar-refractivity contribution is -0.141. The summed E-state index contributed by atoms with van der Waals surface area (Å²) in [6, 6.07) is 0. The molecular weight excluding hydrogens is 266 g/mol. The van der Waals surface area contributed by atoms with Gasteiger partial charge in [0.15, 0.2) is 0 Å². The molecule has 6 nitrogen and oxygen atoms in total. The number of aromatic nitrogens is 1. The smallest absolute Gasteiger partial charge is 0.325 e. The van der Waals surface area contributed by atoms with E-state index in [0.717, 1.165) is 11.4 Å². The summed E-state index contributed by atoms with van der Waals surface area (Å²) in [6.45, 7) is 2.89. The van der Waals surface area contributed by atoms with E-state index in [0.29, 0.717) is 25.2 Å². The van der Waals surface area contributed by atoms with Gasteiger partial charge < -0.3 is 15.4 Å². The van der Waals surface area contributed by atoms with Gasteiger partial charge in [-0.15, -0.1) is 11.3 Å². The molecule has 1 heterocycles. The van der Waals surface area contributed by atoms with Crippen LogP contribution in [-0.4, -0.2) is 48.5 Å². The van der Waals surface area contributed by atoms with E-state index >= 15 is 0 Å². The normalized spacial score (nSPS) is 10.3. The van der Waals surface area contributed by atoms with Gasteiger partial charge in [0.2, 0.25) is 0 Å². The van der Waals surface area contributed by atoms with Crippen LogP contribution in [0.25, 0.3) is 0 Å². The summed E-state index contributed by atoms with van der Waals surface area (Å²) in [6.07, 6.45) is 1.42. The maximum Gasteiger partial charge on any atom is 0.325 e. The van der Waals surface area contributed by atoms with Crippen molar-refractivity contribution in [2.24, 2.45) is 5.73 Å². The van der Waals surface area contributed by atoms with Gasteiger partial charge in [0, 0.05) is 18.3 Å². The Morgan fingerprint density at radius 1 is 1.53 bits per heavy atom. The third-order valence-electron chi connectivity index (χ3n) is 2.46. The highest BCUT2D eigenvalue weighted by Gasteiger charge is 2.20. The van der Waals surface area contributed by atoms with Crippen LogP contribution in [0.15, 0.2) is 5.38 Å². The zero-order chi connectivity index (χ0) is 14.3. The van der Waals surface area contributed by atoms with Crippen molar-refractivity contribution in [1.82, 2.24) is 9.88 Å². The van der Waals surface area contributed by atoms with Gasteiger partial charge in [0.25, 0.3) is 5.91 Å². The molecule has 1 aromatic heterocycles. The Hall–Kier alpha value is -1.47. The number of nitrogens with two attached hydrogens (primary N) is 1. The van der Waals surface area contributed by atoms with Gasteiger partial charge in [-0.1, -0.05) is 6.92 Å². The molecule has 0 aliphatic rings. The van der Waals surface area contributed by atoms with Crippen molar-refractivity contribution in [2.75, 3.05) is 26.7 Å². The number of carbonyl (C=O) groups excluding carboxylic acids is 2. The van der Waals surface area contributed by atoms with Crippen molar-refractivity contribution < 1.29 is 14.3 Å². The number of hydrogen-bond acceptors (Lipinski definition) is 6. The standard InChI is InChI=1S/C12H19N3O3S/c1-3-6-15(7-11(16)18-2)12(17)9-8-19-10(14-9)4-5-13/h8H,3-7,13H2,1-2H3. The van der Waals surface area contributed by atoms with Crippen LogP contribution in [0, 0.1) is 0 Å². The van der Waals surface area contributed by atoms with Gasteiger partial charge in [0.05, 0.1) is 12.1 Å². The van der Waals surface area contributed by atoms with Crippen LogP contribution in [0.4, 0.5) is 0 Å². The Kier molecular flexibility index (Phi) is 6.44. The molecule has 0 unspecified atom stereocenters. The van der Waals surface area contributed by atoms with Crippen molar-refractivity contribution in [3.05, 3.63) is 16.1 Å². The zero-order valence-corrected chi connectivity index (χ0v) is 12.0. The van der Waals surface area contributed by atoms with E-state index in [2.05, 4.69) is 9.72 Å². The topological polar surface area (TPSA) is 85.5 Å². The fourth-order valence-electron chi connectivity index (χ4n) is 1.55. The second kappa shape index (κ2) is 7.85. The van der Waals surface area contributed by atoms with Crippen LogP contribution in [0.1, 0.15) is 28.8 Å². The number of carbonyl (C=O) groups is 2. The number of hydrogen-bond donors (Lipinski definition) is 1. The van der Waals surface area contributed by atoms with E-state index in [1.165, 1.54) is 23.3 Å². The first-order valence-electron chi connectivity index (χ1n) is 6.12. The molecule has 106 valence electrons. The molecule has 0 aliphatic heterocycles. The first-order valence-corrected chi connectivity index (χ1v) is 7.00. The van der Waals surface area contributed by atoms with Crippen LogP contribution in [0.2, 0.25) is 0 Å². The highest BCUT2D eigenvalue weighted by molar-refractivity contribution is 7.09. The average Bonchev–Trinajstić information content (AvgIpc) is 2.86. The number of amides is 1. The number of nitrogens with zero attached hydrogens (tertiary/aromatic N) is 2. The van der Waals surface area contributed by atoms with Crippen LogP contribution in [0.3, 0.4) is 0 Å². The highest BCUT2D eigenvalue weighted by atomic mass is 32.1. The fourth-order valence-corrected chi connectivity index (χ4v) is 2.34. The van der Waals surface area contributed by atoms with E-state index in [1.807, 2.05) is 6.92 Å². The van der Waals surface area contributed by atoms with E-state index < -0.39 is 5.97 Å². The van der Waals surface area contributed by atoms with Gasteiger partial charge in [-0.3, -0.25) is 9.59 Å². The summed E-state index contributed by atoms with van der Waals surface area (Å²) in [5, 5.41) is 2.54. The molecule has 0 saturated heterocycles. The fraction of sp³-hybridized carbons (Fsp3) is 0.583. The van der Waals surface area contributed by atoms with Gasteiger partial charge in [-0.25, -0.2) is 4.98 Å². The third kappa shape index (κ3) is 4.60. The van der Waals surface area contributed by atoms with Crippen molar-refractivity contribution in [2.45, 2.75) is 19.8 Å². The molecule has 2 N–H and O–H groups in total. The van der Waals surface area contributed by atoms with Gasteiger partial charge in [0.1, 0.15) is 12.2 Å². The molecule has 19 heavy (non-hydrogen) atoms. The second-order valence-electron chi connectivity index (χ2n) is 3.97. The first kappa shape index (κ1) is 15.6. The summed E-state index contributed by atoms with van der Waals surface area (Å²) in [4.78, 5) is 29.2. The monoisotopic (exact) mass is 285 g/mol. The number of methoxy groups -OCH3 is 1. The molecule has 7 heteroatoms. The Labute approximate surface area is 116 Å². The van der Waals surface area contributed by atoms with Crippen molar-refractivity contribution in [3.8, 4) is 0 Å². The molecule has 0 saturated carbocycles. The van der Waals surface area contributed by atoms with Crippen molar-refractivity contribution in [1.29, 1.82) is 0 Å². The van der Waals surface area contributed by atoms with E-state index in [9.17, 15) is 9.59 Å². The Balaban J connectivity index is 2.76. The molecule has 0 aliphatic carbocycles. The summed E-state index contributed by atoms with van der Waals surface area (Å²) < 4.78 is 4.59. The zero-order valence-electron chi connectivity index (χ0n) is 11.2. The lowest BCUT2D eigenvalue weighted by Gasteiger charge is -2.19. The quantitative estimate of drug-likeness (QED) is 0.744. The maximum absolute atomic E-state index is 12.2. The number of rotatable bonds is 7. The Morgan fingerprint density at radius 3 is 2.84 bits per heavy atom. The lowest BCUT2D eigenvalue weighted by atomic mass is 10.3. The van der Waals surface area contributed by atoms with Gasteiger partial charge in [-0.2, -0.15) is 0 Å². The molecule has 0 bridgehead atoms. The minimum absolute atomic E-state index is 0.0487. The number of thiazole rings is 1. The number of esters is 1. The van der Waals surface area contributed by atoms with Crippen LogP contribution in [0.5, 0.6) is 0 Å². The van der Waals surface area contributed by atoms with E-state index in [-0.39, 0.29) is 12.5 Å². The van der Waals surface area contributed by atoms with Gasteiger partial charge in [-0.05, 0) is 13.0 Å². The SMILES string of the molecule is CCCN(CC(=O)OC)C(=O)c1csc(CCN)n1. The summed E-state index contributed by atoms with van der Waals surface area (Å²) in [5.74, 6) is -0.675. The molecule has 1 amide bonds. The molecule has 0 aromatic carbocycles. The summed E-state index contributed by atoms with van der Waals surface area (Å²) >= 11 is 1.41. The average molecular weight is 285 g/mol.